The summed E-state index contributed by atoms with van der Waals surface area (Å²) in [6, 6.07) is 135. The van der Waals surface area contributed by atoms with Gasteiger partial charge in [0.1, 0.15) is 0 Å². The fraction of sp³-hybridized carbons (Fsp3) is 0. The summed E-state index contributed by atoms with van der Waals surface area (Å²) in [5, 5.41) is 14.9. The lowest BCUT2D eigenvalue weighted by Crippen LogP contribution is -1.96. The van der Waals surface area contributed by atoms with E-state index in [2.05, 4.69) is 391 Å². The molecule has 474 valence electrons. The van der Waals surface area contributed by atoms with Crippen molar-refractivity contribution in [1.82, 2.24) is 27.4 Å². The Morgan fingerprint density at radius 1 is 0.127 bits per heavy atom. The molecule has 102 heavy (non-hydrogen) atoms. The zero-order valence-corrected chi connectivity index (χ0v) is 55.3. The molecule has 0 N–H and O–H groups in total. The van der Waals surface area contributed by atoms with Crippen LogP contribution < -0.4 is 0 Å². The monoisotopic (exact) mass is 1300 g/mol. The van der Waals surface area contributed by atoms with Gasteiger partial charge in [-0.15, -0.1) is 0 Å². The third kappa shape index (κ3) is 8.17. The van der Waals surface area contributed by atoms with Gasteiger partial charge in [-0.2, -0.15) is 0 Å². The number of hydrogen-bond acceptors (Lipinski definition) is 0. The maximum atomic E-state index is 2.46. The molecule has 0 unspecified atom stereocenters. The minimum Gasteiger partial charge on any atom is -0.309 e. The summed E-state index contributed by atoms with van der Waals surface area (Å²) in [6.07, 6.45) is 0. The van der Waals surface area contributed by atoms with Gasteiger partial charge in [-0.1, -0.05) is 218 Å². The number of nitrogens with zero attached hydrogens (tertiary/aromatic N) is 6. The molecule has 0 aliphatic rings. The molecule has 0 radical (unpaired) electrons. The molecule has 6 aromatic heterocycles. The number of fused-ring (bicyclic) bond motifs is 21. The fourth-order valence-corrected chi connectivity index (χ4v) is 17.4. The summed E-state index contributed by atoms with van der Waals surface area (Å²) in [4.78, 5) is 0. The van der Waals surface area contributed by atoms with Crippen molar-refractivity contribution in [3.63, 3.8) is 0 Å². The first kappa shape index (κ1) is 56.3. The molecule has 6 nitrogen and oxygen atoms in total. The van der Waals surface area contributed by atoms with Gasteiger partial charge in [0, 0.05) is 98.8 Å². The zero-order valence-electron chi connectivity index (χ0n) is 55.3. The van der Waals surface area contributed by atoms with E-state index in [0.717, 1.165) is 67.5 Å². The van der Waals surface area contributed by atoms with Crippen LogP contribution in [0, 0.1) is 0 Å². The van der Waals surface area contributed by atoms with E-state index in [1.165, 1.54) is 131 Å². The topological polar surface area (TPSA) is 29.6 Å². The van der Waals surface area contributed by atoms with Gasteiger partial charge in [0.15, 0.2) is 0 Å². The summed E-state index contributed by atoms with van der Waals surface area (Å²) in [7, 11) is 0. The molecule has 16 aromatic carbocycles. The van der Waals surface area contributed by atoms with E-state index in [1.54, 1.807) is 0 Å². The molecule has 0 saturated carbocycles. The smallest absolute Gasteiger partial charge is 0.0641 e. The van der Waals surface area contributed by atoms with Crippen LogP contribution >= 0.6 is 0 Å². The third-order valence-corrected chi connectivity index (χ3v) is 21.8. The summed E-state index contributed by atoms with van der Waals surface area (Å²) in [6.45, 7) is 0. The molecule has 6 heteroatoms. The van der Waals surface area contributed by atoms with Crippen molar-refractivity contribution in [2.24, 2.45) is 0 Å². The van der Waals surface area contributed by atoms with E-state index < -0.39 is 0 Å². The van der Waals surface area contributed by atoms with Crippen LogP contribution in [0.15, 0.2) is 364 Å². The summed E-state index contributed by atoms with van der Waals surface area (Å²) in [5.74, 6) is 0. The number of hydrogen-bond donors (Lipinski definition) is 0. The first-order valence-electron chi connectivity index (χ1n) is 35.1. The second kappa shape index (κ2) is 21.9. The molecular weight excluding hydrogens is 1240 g/mol. The van der Waals surface area contributed by atoms with E-state index in [9.17, 15) is 0 Å². The number of benzene rings is 16. The molecule has 0 saturated heterocycles. The number of aromatic nitrogens is 6. The van der Waals surface area contributed by atoms with Crippen LogP contribution in [-0.4, -0.2) is 27.4 Å². The molecule has 0 amide bonds. The molecule has 0 aliphatic heterocycles. The van der Waals surface area contributed by atoms with E-state index in [-0.39, 0.29) is 0 Å². The number of para-hydroxylation sites is 9. The molecule has 22 aromatic rings. The van der Waals surface area contributed by atoms with Crippen LogP contribution in [0.25, 0.3) is 198 Å². The Bertz CT molecular complexity index is 6480. The Morgan fingerprint density at radius 3 is 0.608 bits per heavy atom. The lowest BCUT2D eigenvalue weighted by Gasteiger charge is -2.15. The standard InChI is InChI=1S/C96H60N6/c1-4-22-67(23-5-1)100-82-34-16-10-28-73(82)76-52-55-88-91(94(76)100)79-31-13-19-37-85(79)97(88)70-46-40-61(41-47-70)64-58-65(62-42-48-71(49-43-62)98-86-38-20-14-32-80(86)92-89(98)56-53-77-74-29-11-17-35-83(74)101(95(77)92)68-24-6-2-7-25-68)60-66(59-64)63-44-50-72(51-45-63)99-87-39-21-15-33-81(87)93-90(99)57-54-78-75-30-12-18-36-84(75)102(96(78)93)69-26-8-3-9-27-69/h1-60H. The van der Waals surface area contributed by atoms with Gasteiger partial charge >= 0.3 is 0 Å². The second-order valence-corrected chi connectivity index (χ2v) is 27.1. The Morgan fingerprint density at radius 2 is 0.343 bits per heavy atom. The highest BCUT2D eigenvalue weighted by Crippen LogP contribution is 2.47. The summed E-state index contributed by atoms with van der Waals surface area (Å²) in [5.41, 5.74) is 27.8. The normalized spacial score (nSPS) is 12.1. The van der Waals surface area contributed by atoms with Crippen LogP contribution in [-0.2, 0) is 0 Å². The average Bonchev–Trinajstić information content (AvgIpc) is 1.56. The van der Waals surface area contributed by atoms with Crippen molar-refractivity contribution in [2.75, 3.05) is 0 Å². The van der Waals surface area contributed by atoms with Crippen molar-refractivity contribution in [1.29, 1.82) is 0 Å². The van der Waals surface area contributed by atoms with Gasteiger partial charge in [-0.05, 0) is 179 Å². The maximum absolute atomic E-state index is 2.46. The molecule has 0 spiro atoms. The first-order chi connectivity index (χ1) is 50.6. The van der Waals surface area contributed by atoms with E-state index in [0.29, 0.717) is 0 Å². The predicted octanol–water partition coefficient (Wildman–Crippen LogP) is 25.3. The van der Waals surface area contributed by atoms with E-state index >= 15 is 0 Å². The summed E-state index contributed by atoms with van der Waals surface area (Å²) < 4.78 is 14.7. The Kier molecular flexibility index (Phi) is 12.1. The van der Waals surface area contributed by atoms with Crippen molar-refractivity contribution >= 4 is 131 Å². The van der Waals surface area contributed by atoms with Crippen LogP contribution in [0.4, 0.5) is 0 Å². The molecule has 0 atom stereocenters. The molecule has 22 rings (SSSR count). The van der Waals surface area contributed by atoms with Gasteiger partial charge in [-0.3, -0.25) is 0 Å². The van der Waals surface area contributed by atoms with Crippen LogP contribution in [0.2, 0.25) is 0 Å². The van der Waals surface area contributed by atoms with Crippen molar-refractivity contribution in [3.05, 3.63) is 364 Å². The molecule has 6 heterocycles. The van der Waals surface area contributed by atoms with Crippen molar-refractivity contribution < 1.29 is 0 Å². The molecule has 0 bridgehead atoms. The second-order valence-electron chi connectivity index (χ2n) is 27.1. The van der Waals surface area contributed by atoms with Gasteiger partial charge < -0.3 is 27.4 Å². The largest absolute Gasteiger partial charge is 0.309 e. The highest BCUT2D eigenvalue weighted by molar-refractivity contribution is 6.29. The van der Waals surface area contributed by atoms with Crippen molar-refractivity contribution in [3.8, 4) is 67.5 Å². The molecule has 0 aliphatic carbocycles. The SMILES string of the molecule is c1ccc(-n2c3ccccc3c3ccc4c(c5ccccc5n4-c4ccc(-c5cc(-c6ccc(-n7c8ccccc8c8c7ccc7c9ccccc9n(-c9ccccc9)c78)cc6)cc(-c6ccc(-n7c8ccccc8c8c7ccc7c9ccccc9n(-c9ccccc9)c78)cc6)c5)cc4)c32)cc1. The van der Waals surface area contributed by atoms with Gasteiger partial charge in [0.25, 0.3) is 0 Å². The maximum Gasteiger partial charge on any atom is 0.0641 e. The Hall–Kier alpha value is -13.7. The van der Waals surface area contributed by atoms with Crippen LogP contribution in [0.3, 0.4) is 0 Å². The minimum absolute atomic E-state index is 1.11. The van der Waals surface area contributed by atoms with Gasteiger partial charge in [0.2, 0.25) is 0 Å². The van der Waals surface area contributed by atoms with Gasteiger partial charge in [-0.25, -0.2) is 0 Å². The summed E-state index contributed by atoms with van der Waals surface area (Å²) >= 11 is 0. The molecular formula is C96H60N6. The highest BCUT2D eigenvalue weighted by Gasteiger charge is 2.25. The minimum atomic E-state index is 1.11. The van der Waals surface area contributed by atoms with E-state index in [1.807, 2.05) is 0 Å². The molecule has 0 fully saturated rings. The highest BCUT2D eigenvalue weighted by atomic mass is 15.0. The Balaban J connectivity index is 0.701. The van der Waals surface area contributed by atoms with E-state index in [4.69, 9.17) is 0 Å². The lowest BCUT2D eigenvalue weighted by atomic mass is 9.93. The third-order valence-electron chi connectivity index (χ3n) is 21.8. The fourth-order valence-electron chi connectivity index (χ4n) is 17.4. The van der Waals surface area contributed by atoms with Crippen LogP contribution in [0.1, 0.15) is 0 Å². The lowest BCUT2D eigenvalue weighted by molar-refractivity contribution is 1.17. The zero-order chi connectivity index (χ0) is 66.7. The Labute approximate surface area is 586 Å². The number of rotatable bonds is 9. The quantitative estimate of drug-likeness (QED) is 0.138. The van der Waals surface area contributed by atoms with Gasteiger partial charge in [0.05, 0.1) is 66.2 Å². The van der Waals surface area contributed by atoms with Crippen LogP contribution in [0.5, 0.6) is 0 Å². The first-order valence-corrected chi connectivity index (χ1v) is 35.1. The predicted molar refractivity (Wildman–Crippen MR) is 429 cm³/mol. The average molecular weight is 1300 g/mol. The van der Waals surface area contributed by atoms with Crippen molar-refractivity contribution in [2.45, 2.75) is 0 Å².